The smallest absolute Gasteiger partial charge is 0.0416 e. The van der Waals surface area contributed by atoms with Crippen LogP contribution in [0.5, 0.6) is 0 Å². The summed E-state index contributed by atoms with van der Waals surface area (Å²) in [5.74, 6) is 0.719. The fraction of sp³-hybridized carbons (Fsp3) is 0.667. The summed E-state index contributed by atoms with van der Waals surface area (Å²) in [6.45, 7) is 9.95. The van der Waals surface area contributed by atoms with Gasteiger partial charge in [0, 0.05) is 37.4 Å². The van der Waals surface area contributed by atoms with Crippen molar-refractivity contribution in [2.75, 3.05) is 26.7 Å². The molecule has 0 aliphatic heterocycles. The molecule has 0 aromatic carbocycles. The quantitative estimate of drug-likeness (QED) is 0.765. The molecule has 0 spiro atoms. The van der Waals surface area contributed by atoms with E-state index in [1.54, 1.807) is 0 Å². The Kier molecular flexibility index (Phi) is 6.91. The zero-order valence-corrected chi connectivity index (χ0v) is 12.2. The lowest BCUT2D eigenvalue weighted by atomic mass is 10.2. The third-order valence-corrected chi connectivity index (χ3v) is 3.19. The normalized spacial score (nSPS) is 13.2. The van der Waals surface area contributed by atoms with E-state index in [2.05, 4.69) is 55.2 Å². The van der Waals surface area contributed by atoms with Gasteiger partial charge in [-0.2, -0.15) is 0 Å². The van der Waals surface area contributed by atoms with Gasteiger partial charge in [0.1, 0.15) is 0 Å². The lowest BCUT2D eigenvalue weighted by Crippen LogP contribution is -2.39. The molecule has 1 rings (SSSR count). The average molecular weight is 249 g/mol. The molecule has 18 heavy (non-hydrogen) atoms. The molecular weight excluding hydrogens is 222 g/mol. The molecule has 0 radical (unpaired) electrons. The molecule has 1 N–H and O–H groups in total. The molecule has 0 fully saturated rings. The van der Waals surface area contributed by atoms with Crippen LogP contribution < -0.4 is 5.32 Å². The topological polar surface area (TPSA) is 28.2 Å². The number of aromatic nitrogens is 1. The number of rotatable bonds is 8. The van der Waals surface area contributed by atoms with E-state index in [4.69, 9.17) is 0 Å². The van der Waals surface area contributed by atoms with Crippen LogP contribution in [0.15, 0.2) is 24.4 Å². The van der Waals surface area contributed by atoms with Crippen molar-refractivity contribution < 1.29 is 0 Å². The van der Waals surface area contributed by atoms with Gasteiger partial charge in [0.2, 0.25) is 0 Å². The van der Waals surface area contributed by atoms with E-state index in [0.29, 0.717) is 6.04 Å². The van der Waals surface area contributed by atoms with Crippen LogP contribution >= 0.6 is 0 Å². The highest BCUT2D eigenvalue weighted by molar-refractivity contribution is 5.03. The second-order valence-corrected chi connectivity index (χ2v) is 5.45. The third-order valence-electron chi connectivity index (χ3n) is 3.19. The minimum atomic E-state index is 0.562. The molecule has 0 saturated heterocycles. The summed E-state index contributed by atoms with van der Waals surface area (Å²) in [6.07, 6.45) is 2.88. The fourth-order valence-corrected chi connectivity index (χ4v) is 1.79. The van der Waals surface area contributed by atoms with Gasteiger partial charge in [0.15, 0.2) is 0 Å². The Morgan fingerprint density at radius 2 is 2.00 bits per heavy atom. The number of hydrogen-bond acceptors (Lipinski definition) is 3. The molecule has 0 bridgehead atoms. The Labute approximate surface area is 112 Å². The van der Waals surface area contributed by atoms with Gasteiger partial charge >= 0.3 is 0 Å². The van der Waals surface area contributed by atoms with Gasteiger partial charge < -0.3 is 10.2 Å². The van der Waals surface area contributed by atoms with Crippen LogP contribution in [0.2, 0.25) is 0 Å². The van der Waals surface area contributed by atoms with Crippen LogP contribution in [0.4, 0.5) is 0 Å². The maximum absolute atomic E-state index is 4.35. The summed E-state index contributed by atoms with van der Waals surface area (Å²) in [5, 5.41) is 3.51. The molecular formula is C15H27N3. The zero-order valence-electron chi connectivity index (χ0n) is 12.2. The van der Waals surface area contributed by atoms with Crippen molar-refractivity contribution in [3.05, 3.63) is 30.1 Å². The van der Waals surface area contributed by atoms with Crippen molar-refractivity contribution in [2.24, 2.45) is 5.92 Å². The molecule has 0 aliphatic rings. The number of nitrogens with one attached hydrogen (secondary N) is 1. The van der Waals surface area contributed by atoms with E-state index in [1.165, 1.54) is 5.69 Å². The van der Waals surface area contributed by atoms with E-state index in [-0.39, 0.29) is 0 Å². The van der Waals surface area contributed by atoms with E-state index in [1.807, 2.05) is 12.3 Å². The highest BCUT2D eigenvalue weighted by atomic mass is 15.1. The van der Waals surface area contributed by atoms with Gasteiger partial charge in [0.05, 0.1) is 0 Å². The van der Waals surface area contributed by atoms with E-state index >= 15 is 0 Å². The molecule has 102 valence electrons. The number of nitrogens with zero attached hydrogens (tertiary/aromatic N) is 2. The minimum Gasteiger partial charge on any atom is -0.315 e. The maximum atomic E-state index is 4.35. The van der Waals surface area contributed by atoms with Crippen molar-refractivity contribution in [1.82, 2.24) is 15.2 Å². The Bertz CT molecular complexity index is 311. The Balaban J connectivity index is 2.21. The van der Waals surface area contributed by atoms with Gasteiger partial charge in [-0.1, -0.05) is 19.9 Å². The molecule has 1 atom stereocenters. The highest BCUT2D eigenvalue weighted by Gasteiger charge is 2.08. The van der Waals surface area contributed by atoms with Crippen LogP contribution in [0.1, 0.15) is 26.5 Å². The SMILES string of the molecule is CC(C)CNCC(C)N(C)CCc1ccccn1. The average Bonchev–Trinajstić information content (AvgIpc) is 2.36. The third kappa shape index (κ3) is 6.12. The van der Waals surface area contributed by atoms with Crippen molar-refractivity contribution in [1.29, 1.82) is 0 Å². The van der Waals surface area contributed by atoms with Crippen LogP contribution in [-0.2, 0) is 6.42 Å². The van der Waals surface area contributed by atoms with Crippen LogP contribution in [0.3, 0.4) is 0 Å². The van der Waals surface area contributed by atoms with Crippen LogP contribution in [-0.4, -0.2) is 42.6 Å². The largest absolute Gasteiger partial charge is 0.315 e. The van der Waals surface area contributed by atoms with Crippen molar-refractivity contribution in [3.8, 4) is 0 Å². The summed E-state index contributed by atoms with van der Waals surface area (Å²) >= 11 is 0. The highest BCUT2D eigenvalue weighted by Crippen LogP contribution is 2.00. The minimum absolute atomic E-state index is 0.562. The van der Waals surface area contributed by atoms with E-state index in [0.717, 1.165) is 32.0 Å². The zero-order chi connectivity index (χ0) is 13.4. The first-order valence-corrected chi connectivity index (χ1v) is 6.90. The van der Waals surface area contributed by atoms with Crippen molar-refractivity contribution in [3.63, 3.8) is 0 Å². The molecule has 0 amide bonds. The predicted molar refractivity (Wildman–Crippen MR) is 77.7 cm³/mol. The van der Waals surface area contributed by atoms with Gasteiger partial charge in [-0.3, -0.25) is 4.98 Å². The molecule has 0 aliphatic carbocycles. The molecule has 3 heteroatoms. The number of likely N-dealkylation sites (N-methyl/N-ethyl adjacent to an activating group) is 1. The van der Waals surface area contributed by atoms with Crippen LogP contribution in [0.25, 0.3) is 0 Å². The number of hydrogen-bond donors (Lipinski definition) is 1. The first-order valence-electron chi connectivity index (χ1n) is 6.90. The molecule has 1 unspecified atom stereocenters. The van der Waals surface area contributed by atoms with Crippen molar-refractivity contribution >= 4 is 0 Å². The summed E-state index contributed by atoms with van der Waals surface area (Å²) < 4.78 is 0. The standard InChI is InChI=1S/C15H27N3/c1-13(2)11-16-12-14(3)18(4)10-8-15-7-5-6-9-17-15/h5-7,9,13-14,16H,8,10-12H2,1-4H3. The first kappa shape index (κ1) is 15.1. The number of pyridine rings is 1. The van der Waals surface area contributed by atoms with E-state index < -0.39 is 0 Å². The van der Waals surface area contributed by atoms with Gasteiger partial charge in [-0.25, -0.2) is 0 Å². The van der Waals surface area contributed by atoms with Gasteiger partial charge in [-0.05, 0) is 38.6 Å². The maximum Gasteiger partial charge on any atom is 0.0416 e. The summed E-state index contributed by atoms with van der Waals surface area (Å²) in [5.41, 5.74) is 1.17. The molecule has 1 heterocycles. The Morgan fingerprint density at radius 3 is 2.61 bits per heavy atom. The summed E-state index contributed by atoms with van der Waals surface area (Å²) in [7, 11) is 2.19. The Morgan fingerprint density at radius 1 is 1.22 bits per heavy atom. The lowest BCUT2D eigenvalue weighted by Gasteiger charge is -2.25. The molecule has 1 aromatic heterocycles. The monoisotopic (exact) mass is 249 g/mol. The van der Waals surface area contributed by atoms with Gasteiger partial charge in [-0.15, -0.1) is 0 Å². The molecule has 1 aromatic rings. The summed E-state index contributed by atoms with van der Waals surface area (Å²) in [6, 6.07) is 6.67. The molecule has 0 saturated carbocycles. The second kappa shape index (κ2) is 8.22. The predicted octanol–water partition coefficient (Wildman–Crippen LogP) is 2.19. The Hall–Kier alpha value is -0.930. The summed E-state index contributed by atoms with van der Waals surface area (Å²) in [4.78, 5) is 6.74. The fourth-order valence-electron chi connectivity index (χ4n) is 1.79. The van der Waals surface area contributed by atoms with Crippen molar-refractivity contribution in [2.45, 2.75) is 33.2 Å². The van der Waals surface area contributed by atoms with Gasteiger partial charge in [0.25, 0.3) is 0 Å². The molecule has 3 nitrogen and oxygen atoms in total. The van der Waals surface area contributed by atoms with E-state index in [9.17, 15) is 0 Å². The van der Waals surface area contributed by atoms with Crippen LogP contribution in [0, 0.1) is 5.92 Å². The lowest BCUT2D eigenvalue weighted by molar-refractivity contribution is 0.251. The second-order valence-electron chi connectivity index (χ2n) is 5.45. The first-order chi connectivity index (χ1) is 8.59.